The molecule has 0 saturated carbocycles. The van der Waals surface area contributed by atoms with Crippen molar-refractivity contribution in [1.82, 2.24) is 0 Å². The molecule has 170 valence electrons. The number of hydrogen-bond donors (Lipinski definition) is 0. The predicted octanol–water partition coefficient (Wildman–Crippen LogP) is 7.30. The number of esters is 2. The highest BCUT2D eigenvalue weighted by molar-refractivity contribution is 6.00. The molecule has 4 nitrogen and oxygen atoms in total. The molecule has 0 aromatic heterocycles. The van der Waals surface area contributed by atoms with Crippen LogP contribution < -0.4 is 0 Å². The molecular weight excluding hydrogens is 364 g/mol. The molecule has 4 heteroatoms. The first kappa shape index (κ1) is 27.7. The maximum absolute atomic E-state index is 12.7. The van der Waals surface area contributed by atoms with Crippen LogP contribution in [0.3, 0.4) is 0 Å². The van der Waals surface area contributed by atoms with Gasteiger partial charge in [0.1, 0.15) is 0 Å². The van der Waals surface area contributed by atoms with Crippen LogP contribution in [0, 0.1) is 0 Å². The number of carbonyl (C=O) groups excluding carboxylic acids is 2. The lowest BCUT2D eigenvalue weighted by atomic mass is 9.97. The molecule has 0 rings (SSSR count). The third-order valence-electron chi connectivity index (χ3n) is 5.10. The maximum Gasteiger partial charge on any atom is 0.334 e. The van der Waals surface area contributed by atoms with E-state index in [-0.39, 0.29) is 11.9 Å². The first-order valence-corrected chi connectivity index (χ1v) is 12.2. The van der Waals surface area contributed by atoms with Crippen LogP contribution in [0.25, 0.3) is 0 Å². The fraction of sp³-hybridized carbons (Fsp3) is 0.840. The van der Waals surface area contributed by atoms with Gasteiger partial charge >= 0.3 is 11.9 Å². The van der Waals surface area contributed by atoms with Gasteiger partial charge in [-0.2, -0.15) is 0 Å². The third-order valence-corrected chi connectivity index (χ3v) is 5.10. The fourth-order valence-corrected chi connectivity index (χ4v) is 3.23. The average Bonchev–Trinajstić information content (AvgIpc) is 2.71. The van der Waals surface area contributed by atoms with Crippen LogP contribution in [-0.2, 0) is 19.1 Å². The van der Waals surface area contributed by atoms with E-state index in [1.54, 1.807) is 0 Å². The molecule has 0 amide bonds. The van der Waals surface area contributed by atoms with Gasteiger partial charge in [-0.3, -0.25) is 0 Å². The number of ether oxygens (including phenoxy) is 2. The quantitative estimate of drug-likeness (QED) is 0.127. The summed E-state index contributed by atoms with van der Waals surface area (Å²) in [5.74, 6) is -0.653. The van der Waals surface area contributed by atoms with Gasteiger partial charge in [0.05, 0.1) is 13.2 Å². The van der Waals surface area contributed by atoms with Crippen molar-refractivity contribution in [3.63, 3.8) is 0 Å². The van der Waals surface area contributed by atoms with Gasteiger partial charge in [-0.25, -0.2) is 9.59 Å². The third kappa shape index (κ3) is 14.3. The van der Waals surface area contributed by atoms with Crippen molar-refractivity contribution in [3.8, 4) is 0 Å². The van der Waals surface area contributed by atoms with Crippen molar-refractivity contribution in [2.45, 2.75) is 124 Å². The highest BCUT2D eigenvalue weighted by Crippen LogP contribution is 2.22. The molecule has 0 fully saturated rings. The zero-order valence-corrected chi connectivity index (χ0v) is 19.7. The van der Waals surface area contributed by atoms with Gasteiger partial charge in [0.15, 0.2) is 0 Å². The van der Waals surface area contributed by atoms with Crippen molar-refractivity contribution < 1.29 is 19.1 Å². The maximum atomic E-state index is 12.7. The molecule has 0 bridgehead atoms. The Balaban J connectivity index is 4.93. The molecule has 0 aromatic carbocycles. The summed E-state index contributed by atoms with van der Waals surface area (Å²) in [6.45, 7) is 9.22. The Labute approximate surface area is 179 Å². The lowest BCUT2D eigenvalue weighted by Crippen LogP contribution is -2.18. The molecule has 0 atom stereocenters. The second-order valence-electron chi connectivity index (χ2n) is 7.91. The smallest absolute Gasteiger partial charge is 0.334 e. The zero-order chi connectivity index (χ0) is 21.7. The van der Waals surface area contributed by atoms with E-state index in [1.807, 2.05) is 6.92 Å². The summed E-state index contributed by atoms with van der Waals surface area (Å²) in [4.78, 5) is 25.4. The molecule has 0 aliphatic heterocycles. The van der Waals surface area contributed by atoms with Gasteiger partial charge in [0, 0.05) is 11.1 Å². The Hall–Kier alpha value is -1.32. The number of hydrogen-bond acceptors (Lipinski definition) is 4. The minimum atomic E-state index is -0.331. The van der Waals surface area contributed by atoms with Crippen LogP contribution in [0.4, 0.5) is 0 Å². The summed E-state index contributed by atoms with van der Waals surface area (Å²) in [5, 5.41) is 0. The minimum absolute atomic E-state index is 0.322. The number of carbonyl (C=O) groups is 2. The zero-order valence-electron chi connectivity index (χ0n) is 19.7. The van der Waals surface area contributed by atoms with Crippen molar-refractivity contribution >= 4 is 11.9 Å². The van der Waals surface area contributed by atoms with Crippen LogP contribution in [-0.4, -0.2) is 25.2 Å². The topological polar surface area (TPSA) is 52.6 Å². The average molecular weight is 411 g/mol. The summed E-state index contributed by atoms with van der Waals surface area (Å²) >= 11 is 0. The summed E-state index contributed by atoms with van der Waals surface area (Å²) < 4.78 is 10.9. The second-order valence-corrected chi connectivity index (χ2v) is 7.91. The van der Waals surface area contributed by atoms with Crippen molar-refractivity contribution in [2.24, 2.45) is 0 Å². The standard InChI is InChI=1S/C25H46O4/c1-5-9-12-13-14-15-16-17-19-23(25(27)29-21-11-7-3)22(18-8-4)24(26)28-20-10-6-2/h5-21H2,1-4H3. The van der Waals surface area contributed by atoms with Crippen LogP contribution >= 0.6 is 0 Å². The Morgan fingerprint density at radius 1 is 0.483 bits per heavy atom. The first-order chi connectivity index (χ1) is 14.1. The van der Waals surface area contributed by atoms with E-state index < -0.39 is 0 Å². The summed E-state index contributed by atoms with van der Waals surface area (Å²) in [7, 11) is 0. The van der Waals surface area contributed by atoms with E-state index in [9.17, 15) is 9.59 Å². The predicted molar refractivity (Wildman–Crippen MR) is 121 cm³/mol. The van der Waals surface area contributed by atoms with Gasteiger partial charge in [-0.1, -0.05) is 91.9 Å². The van der Waals surface area contributed by atoms with Crippen molar-refractivity contribution in [3.05, 3.63) is 11.1 Å². The summed E-state index contributed by atoms with van der Waals surface area (Å²) in [5.41, 5.74) is 1.09. The monoisotopic (exact) mass is 410 g/mol. The summed E-state index contributed by atoms with van der Waals surface area (Å²) in [6.07, 6.45) is 15.3. The molecule has 0 aromatic rings. The van der Waals surface area contributed by atoms with Gasteiger partial charge in [0.2, 0.25) is 0 Å². The van der Waals surface area contributed by atoms with Crippen LogP contribution in [0.2, 0.25) is 0 Å². The number of unbranched alkanes of at least 4 members (excludes halogenated alkanes) is 9. The van der Waals surface area contributed by atoms with E-state index in [4.69, 9.17) is 9.47 Å². The number of rotatable bonds is 19. The minimum Gasteiger partial charge on any atom is -0.462 e. The van der Waals surface area contributed by atoms with Crippen molar-refractivity contribution in [2.75, 3.05) is 13.2 Å². The van der Waals surface area contributed by atoms with Gasteiger partial charge in [-0.15, -0.1) is 0 Å². The molecule has 0 heterocycles. The van der Waals surface area contributed by atoms with Crippen LogP contribution in [0.15, 0.2) is 11.1 Å². The molecule has 0 aliphatic rings. The lowest BCUT2D eigenvalue weighted by molar-refractivity contribution is -0.142. The molecule has 0 saturated heterocycles. The second kappa shape index (κ2) is 20.0. The highest BCUT2D eigenvalue weighted by Gasteiger charge is 2.22. The summed E-state index contributed by atoms with van der Waals surface area (Å²) in [6, 6.07) is 0. The molecule has 0 radical (unpaired) electrons. The Morgan fingerprint density at radius 3 is 1.34 bits per heavy atom. The molecule has 0 spiro atoms. The molecule has 0 aliphatic carbocycles. The van der Waals surface area contributed by atoms with Gasteiger partial charge in [0.25, 0.3) is 0 Å². The molecular formula is C25H46O4. The van der Waals surface area contributed by atoms with E-state index in [1.165, 1.54) is 38.5 Å². The molecule has 29 heavy (non-hydrogen) atoms. The SMILES string of the molecule is CCCCCCCCCCC(C(=O)OCCCC)=C(CCC)C(=O)OCCCC. The fourth-order valence-electron chi connectivity index (χ4n) is 3.23. The van der Waals surface area contributed by atoms with E-state index in [0.29, 0.717) is 37.2 Å². The van der Waals surface area contributed by atoms with E-state index in [0.717, 1.165) is 44.9 Å². The van der Waals surface area contributed by atoms with Crippen molar-refractivity contribution in [1.29, 1.82) is 0 Å². The highest BCUT2D eigenvalue weighted by atomic mass is 16.5. The van der Waals surface area contributed by atoms with E-state index >= 15 is 0 Å². The van der Waals surface area contributed by atoms with Crippen LogP contribution in [0.5, 0.6) is 0 Å². The Bertz CT molecular complexity index is 454. The van der Waals surface area contributed by atoms with E-state index in [2.05, 4.69) is 20.8 Å². The molecule has 0 N–H and O–H groups in total. The first-order valence-electron chi connectivity index (χ1n) is 12.2. The van der Waals surface area contributed by atoms with Gasteiger partial charge < -0.3 is 9.47 Å². The molecule has 0 unspecified atom stereocenters. The lowest BCUT2D eigenvalue weighted by Gasteiger charge is -2.14. The van der Waals surface area contributed by atoms with Crippen LogP contribution in [0.1, 0.15) is 124 Å². The largest absolute Gasteiger partial charge is 0.462 e. The normalized spacial score (nSPS) is 11.9. The Morgan fingerprint density at radius 2 is 0.897 bits per heavy atom. The Kier molecular flexibility index (Phi) is 19.1. The van der Waals surface area contributed by atoms with Gasteiger partial charge in [-0.05, 0) is 32.1 Å².